The molecule has 1 rings (SSSR count). The van der Waals surface area contributed by atoms with Crippen LogP contribution in [0.15, 0.2) is 18.2 Å². The minimum absolute atomic E-state index is 0.00176. The van der Waals surface area contributed by atoms with Crippen LogP contribution >= 0.6 is 0 Å². The van der Waals surface area contributed by atoms with Crippen LogP contribution in [-0.2, 0) is 11.2 Å². The quantitative estimate of drug-likeness (QED) is 0.607. The van der Waals surface area contributed by atoms with Gasteiger partial charge >= 0.3 is 0 Å². The van der Waals surface area contributed by atoms with E-state index in [4.69, 9.17) is 4.74 Å². The number of rotatable bonds is 11. The highest BCUT2D eigenvalue weighted by atomic mass is 16.5. The summed E-state index contributed by atoms with van der Waals surface area (Å²) in [5.74, 6) is 0.0551. The maximum atomic E-state index is 11.9. The zero-order valence-corrected chi connectivity index (χ0v) is 14.5. The summed E-state index contributed by atoms with van der Waals surface area (Å²) in [5, 5.41) is 20.0. The predicted molar refractivity (Wildman–Crippen MR) is 91.9 cm³/mol. The van der Waals surface area contributed by atoms with E-state index in [0.717, 1.165) is 18.4 Å². The van der Waals surface area contributed by atoms with Gasteiger partial charge in [0, 0.05) is 5.92 Å². The molecule has 0 aromatic heterocycles. The van der Waals surface area contributed by atoms with Gasteiger partial charge in [-0.05, 0) is 37.5 Å². The maximum absolute atomic E-state index is 11.9. The van der Waals surface area contributed by atoms with Crippen molar-refractivity contribution < 1.29 is 19.7 Å². The number of Topliss-reactive ketones (excluding diaryl/α,β-unsaturated/α-hetero) is 1. The van der Waals surface area contributed by atoms with Gasteiger partial charge in [0.05, 0.1) is 13.2 Å². The number of carbonyl (C=O) groups excluding carboxylic acids is 1. The summed E-state index contributed by atoms with van der Waals surface area (Å²) in [5.41, 5.74) is 0.880. The van der Waals surface area contributed by atoms with Crippen molar-refractivity contribution in [3.8, 4) is 11.5 Å². The smallest absolute Gasteiger partial charge is 0.160 e. The molecule has 0 aliphatic carbocycles. The number of aromatic hydroxyl groups is 1. The normalized spacial score (nSPS) is 13.6. The number of hydrogen-bond donors (Lipinski definition) is 2. The summed E-state index contributed by atoms with van der Waals surface area (Å²) in [6.45, 7) is 3.70. The van der Waals surface area contributed by atoms with Gasteiger partial charge in [0.2, 0.25) is 0 Å². The van der Waals surface area contributed by atoms with Crippen LogP contribution in [0.5, 0.6) is 11.5 Å². The molecule has 2 N–H and O–H groups in total. The van der Waals surface area contributed by atoms with Crippen LogP contribution in [0.4, 0.5) is 0 Å². The van der Waals surface area contributed by atoms with E-state index in [-0.39, 0.29) is 11.5 Å². The Bertz CT molecular complexity index is 484. The Labute approximate surface area is 139 Å². The maximum Gasteiger partial charge on any atom is 0.160 e. The van der Waals surface area contributed by atoms with Crippen molar-refractivity contribution in [2.24, 2.45) is 5.92 Å². The Morgan fingerprint density at radius 3 is 2.52 bits per heavy atom. The molecule has 0 aliphatic rings. The third-order valence-electron chi connectivity index (χ3n) is 4.29. The standard InChI is InChI=1S/C19H30O4/c1-4-5-6-7-8-9-17(21)16(14(2)20)12-15-10-11-18(22)19(13-15)23-3/h10-11,13,16-17,21-22H,4-9,12H2,1-3H3. The summed E-state index contributed by atoms with van der Waals surface area (Å²) in [6.07, 6.45) is 6.15. The molecule has 0 radical (unpaired) electrons. The van der Waals surface area contributed by atoms with Gasteiger partial charge in [0.1, 0.15) is 5.78 Å². The van der Waals surface area contributed by atoms with Crippen LogP contribution < -0.4 is 4.74 Å². The number of hydrogen-bond acceptors (Lipinski definition) is 4. The highest BCUT2D eigenvalue weighted by Crippen LogP contribution is 2.28. The van der Waals surface area contributed by atoms with E-state index in [1.165, 1.54) is 33.3 Å². The molecule has 0 aliphatic heterocycles. The number of ether oxygens (including phenoxy) is 1. The van der Waals surface area contributed by atoms with Crippen molar-refractivity contribution in [2.75, 3.05) is 7.11 Å². The first-order chi connectivity index (χ1) is 11.0. The minimum Gasteiger partial charge on any atom is -0.504 e. The SMILES string of the molecule is CCCCCCCC(O)C(Cc1ccc(O)c(OC)c1)C(C)=O. The first-order valence-electron chi connectivity index (χ1n) is 8.54. The summed E-state index contributed by atoms with van der Waals surface area (Å²) in [6, 6.07) is 5.05. The van der Waals surface area contributed by atoms with Gasteiger partial charge in [-0.15, -0.1) is 0 Å². The van der Waals surface area contributed by atoms with E-state index in [9.17, 15) is 15.0 Å². The summed E-state index contributed by atoms with van der Waals surface area (Å²) < 4.78 is 5.09. The number of ketones is 1. The van der Waals surface area contributed by atoms with Crippen molar-refractivity contribution in [3.05, 3.63) is 23.8 Å². The van der Waals surface area contributed by atoms with E-state index in [0.29, 0.717) is 18.6 Å². The van der Waals surface area contributed by atoms with E-state index in [2.05, 4.69) is 6.92 Å². The summed E-state index contributed by atoms with van der Waals surface area (Å²) in [7, 11) is 1.49. The van der Waals surface area contributed by atoms with E-state index in [1.54, 1.807) is 18.2 Å². The van der Waals surface area contributed by atoms with E-state index < -0.39 is 12.0 Å². The molecule has 0 amide bonds. The summed E-state index contributed by atoms with van der Waals surface area (Å²) in [4.78, 5) is 11.9. The average molecular weight is 322 g/mol. The Hall–Kier alpha value is -1.55. The van der Waals surface area contributed by atoms with E-state index in [1.807, 2.05) is 0 Å². The van der Waals surface area contributed by atoms with Gasteiger partial charge in [0.25, 0.3) is 0 Å². The lowest BCUT2D eigenvalue weighted by atomic mass is 9.88. The second-order valence-electron chi connectivity index (χ2n) is 6.20. The molecule has 1 aromatic carbocycles. The van der Waals surface area contributed by atoms with Crippen LogP contribution in [0.25, 0.3) is 0 Å². The molecular weight excluding hydrogens is 292 g/mol. The van der Waals surface area contributed by atoms with E-state index >= 15 is 0 Å². The molecular formula is C19H30O4. The van der Waals surface area contributed by atoms with Gasteiger partial charge in [-0.3, -0.25) is 4.79 Å². The van der Waals surface area contributed by atoms with Crippen LogP contribution in [0, 0.1) is 5.92 Å². The average Bonchev–Trinajstić information content (AvgIpc) is 2.53. The number of aliphatic hydroxyl groups excluding tert-OH is 1. The van der Waals surface area contributed by atoms with Crippen LogP contribution in [0.2, 0.25) is 0 Å². The Balaban J connectivity index is 2.62. The van der Waals surface area contributed by atoms with Crippen molar-refractivity contribution in [3.63, 3.8) is 0 Å². The molecule has 130 valence electrons. The number of methoxy groups -OCH3 is 1. The molecule has 0 bridgehead atoms. The van der Waals surface area contributed by atoms with Crippen molar-refractivity contribution in [2.45, 2.75) is 64.9 Å². The topological polar surface area (TPSA) is 66.8 Å². The zero-order valence-electron chi connectivity index (χ0n) is 14.5. The largest absolute Gasteiger partial charge is 0.504 e. The highest BCUT2D eigenvalue weighted by molar-refractivity contribution is 5.79. The Morgan fingerprint density at radius 2 is 1.91 bits per heavy atom. The van der Waals surface area contributed by atoms with Crippen LogP contribution in [-0.4, -0.2) is 29.2 Å². The summed E-state index contributed by atoms with van der Waals surface area (Å²) >= 11 is 0. The minimum atomic E-state index is -0.617. The molecule has 0 heterocycles. The second-order valence-corrected chi connectivity index (χ2v) is 6.20. The molecule has 2 atom stereocenters. The lowest BCUT2D eigenvalue weighted by Gasteiger charge is -2.21. The molecule has 0 spiro atoms. The first kappa shape index (κ1) is 19.5. The lowest BCUT2D eigenvalue weighted by Crippen LogP contribution is -2.28. The molecule has 0 fully saturated rings. The van der Waals surface area contributed by atoms with Gasteiger partial charge in [0.15, 0.2) is 11.5 Å². The zero-order chi connectivity index (χ0) is 17.2. The van der Waals surface area contributed by atoms with Crippen LogP contribution in [0.3, 0.4) is 0 Å². The number of carbonyl (C=O) groups is 1. The fourth-order valence-corrected chi connectivity index (χ4v) is 2.81. The monoisotopic (exact) mass is 322 g/mol. The fourth-order valence-electron chi connectivity index (χ4n) is 2.81. The Morgan fingerprint density at radius 1 is 1.22 bits per heavy atom. The number of phenolic OH excluding ortho intramolecular Hbond substituents is 1. The molecule has 2 unspecified atom stereocenters. The van der Waals surface area contributed by atoms with Gasteiger partial charge in [-0.25, -0.2) is 0 Å². The molecule has 1 aromatic rings. The second kappa shape index (κ2) is 10.3. The molecule has 23 heavy (non-hydrogen) atoms. The molecule has 4 nitrogen and oxygen atoms in total. The predicted octanol–water partition coefficient (Wildman–Crippen LogP) is 3.87. The third-order valence-corrected chi connectivity index (χ3v) is 4.29. The van der Waals surface area contributed by atoms with Gasteiger partial charge in [-0.1, -0.05) is 45.1 Å². The first-order valence-corrected chi connectivity index (χ1v) is 8.54. The molecule has 0 saturated carbocycles. The fraction of sp³-hybridized carbons (Fsp3) is 0.632. The molecule has 4 heteroatoms. The van der Waals surface area contributed by atoms with Crippen molar-refractivity contribution in [1.82, 2.24) is 0 Å². The molecule has 0 saturated heterocycles. The van der Waals surface area contributed by atoms with Crippen LogP contribution in [0.1, 0.15) is 57.9 Å². The number of phenols is 1. The van der Waals surface area contributed by atoms with Crippen molar-refractivity contribution >= 4 is 5.78 Å². The van der Waals surface area contributed by atoms with Gasteiger partial charge < -0.3 is 14.9 Å². The number of benzene rings is 1. The van der Waals surface area contributed by atoms with Gasteiger partial charge in [-0.2, -0.15) is 0 Å². The highest BCUT2D eigenvalue weighted by Gasteiger charge is 2.24. The third kappa shape index (κ3) is 6.61. The lowest BCUT2D eigenvalue weighted by molar-refractivity contribution is -0.124. The van der Waals surface area contributed by atoms with Crippen molar-refractivity contribution in [1.29, 1.82) is 0 Å². The Kier molecular flexibility index (Phi) is 8.70. The number of unbranched alkanes of at least 4 members (excludes halogenated alkanes) is 4. The number of aliphatic hydroxyl groups is 1.